The van der Waals surface area contributed by atoms with Crippen molar-refractivity contribution in [3.63, 3.8) is 0 Å². The molecule has 1 N–H and O–H groups in total. The molecule has 2 rings (SSSR count). The van der Waals surface area contributed by atoms with Crippen LogP contribution in [0.15, 0.2) is 28.7 Å². The van der Waals surface area contributed by atoms with Crippen LogP contribution in [-0.2, 0) is 11.2 Å². The van der Waals surface area contributed by atoms with Crippen LogP contribution >= 0.6 is 15.9 Å². The molecule has 2 unspecified atom stereocenters. The monoisotopic (exact) mass is 323 g/mol. The van der Waals surface area contributed by atoms with Crippen molar-refractivity contribution in [2.24, 2.45) is 5.92 Å². The van der Waals surface area contributed by atoms with Crippen molar-refractivity contribution in [3.05, 3.63) is 34.3 Å². The fourth-order valence-electron chi connectivity index (χ4n) is 2.81. The molecule has 1 aromatic carbocycles. The van der Waals surface area contributed by atoms with E-state index in [9.17, 15) is 4.79 Å². The molecule has 0 spiro atoms. The van der Waals surface area contributed by atoms with Gasteiger partial charge in [0.25, 0.3) is 0 Å². The minimum absolute atomic E-state index is 0.190. The van der Waals surface area contributed by atoms with Crippen LogP contribution in [0.2, 0.25) is 0 Å². The highest BCUT2D eigenvalue weighted by Gasteiger charge is 2.20. The highest BCUT2D eigenvalue weighted by atomic mass is 79.9. The van der Waals surface area contributed by atoms with E-state index in [-0.39, 0.29) is 5.91 Å². The maximum Gasteiger partial charge on any atom is 0.220 e. The standard InChI is InChI=1S/C16H22BrNO/c1-12-5-4-7-14(11-12)18-16(19)10-9-13-6-2-3-8-15(13)17/h2-3,6,8,12,14H,4-5,7,9-11H2,1H3,(H,18,19). The fraction of sp³-hybridized carbons (Fsp3) is 0.562. The number of carbonyl (C=O) groups excluding carboxylic acids is 1. The molecule has 2 nitrogen and oxygen atoms in total. The Labute approximate surface area is 124 Å². The zero-order valence-corrected chi connectivity index (χ0v) is 13.1. The summed E-state index contributed by atoms with van der Waals surface area (Å²) in [7, 11) is 0. The molecule has 1 saturated carbocycles. The van der Waals surface area contributed by atoms with E-state index in [4.69, 9.17) is 0 Å². The Morgan fingerprint density at radius 3 is 2.89 bits per heavy atom. The van der Waals surface area contributed by atoms with Crippen LogP contribution in [0.4, 0.5) is 0 Å². The van der Waals surface area contributed by atoms with Crippen LogP contribution in [0.25, 0.3) is 0 Å². The van der Waals surface area contributed by atoms with Crippen molar-refractivity contribution in [2.75, 3.05) is 0 Å². The van der Waals surface area contributed by atoms with E-state index in [1.54, 1.807) is 0 Å². The number of benzene rings is 1. The van der Waals surface area contributed by atoms with Gasteiger partial charge in [-0.2, -0.15) is 0 Å². The molecule has 3 heteroatoms. The van der Waals surface area contributed by atoms with Gasteiger partial charge < -0.3 is 5.32 Å². The molecule has 1 amide bonds. The number of hydrogen-bond donors (Lipinski definition) is 1. The number of rotatable bonds is 4. The van der Waals surface area contributed by atoms with E-state index < -0.39 is 0 Å². The largest absolute Gasteiger partial charge is 0.353 e. The predicted octanol–water partition coefficient (Wildman–Crippen LogP) is 4.08. The number of carbonyl (C=O) groups is 1. The minimum atomic E-state index is 0.190. The second-order valence-electron chi connectivity index (χ2n) is 5.63. The summed E-state index contributed by atoms with van der Waals surface area (Å²) in [5.41, 5.74) is 1.20. The Morgan fingerprint density at radius 2 is 2.16 bits per heavy atom. The Hall–Kier alpha value is -0.830. The number of halogens is 1. The molecule has 0 aliphatic heterocycles. The number of nitrogens with one attached hydrogen (secondary N) is 1. The van der Waals surface area contributed by atoms with E-state index in [1.165, 1.54) is 18.4 Å². The van der Waals surface area contributed by atoms with Gasteiger partial charge in [-0.25, -0.2) is 0 Å². The third-order valence-corrected chi connectivity index (χ3v) is 4.65. The Bertz CT molecular complexity index is 433. The molecule has 0 heterocycles. The predicted molar refractivity (Wildman–Crippen MR) is 82.0 cm³/mol. The molecular formula is C16H22BrNO. The van der Waals surface area contributed by atoms with E-state index in [2.05, 4.69) is 34.2 Å². The van der Waals surface area contributed by atoms with Gasteiger partial charge in [-0.05, 0) is 36.8 Å². The Morgan fingerprint density at radius 1 is 1.37 bits per heavy atom. The molecule has 2 atom stereocenters. The average Bonchev–Trinajstić information content (AvgIpc) is 2.38. The lowest BCUT2D eigenvalue weighted by Gasteiger charge is -2.27. The van der Waals surface area contributed by atoms with Gasteiger partial charge in [0.2, 0.25) is 5.91 Å². The van der Waals surface area contributed by atoms with Crippen LogP contribution in [0.1, 0.15) is 44.6 Å². The van der Waals surface area contributed by atoms with Gasteiger partial charge in [0.1, 0.15) is 0 Å². The van der Waals surface area contributed by atoms with Gasteiger partial charge in [-0.3, -0.25) is 4.79 Å². The molecule has 1 aliphatic carbocycles. The number of aryl methyl sites for hydroxylation is 1. The Kier molecular flexibility index (Phi) is 5.44. The van der Waals surface area contributed by atoms with Crippen LogP contribution in [-0.4, -0.2) is 11.9 Å². The first-order valence-corrected chi connectivity index (χ1v) is 7.97. The summed E-state index contributed by atoms with van der Waals surface area (Å²) in [6, 6.07) is 8.50. The molecule has 104 valence electrons. The molecule has 0 radical (unpaired) electrons. The highest BCUT2D eigenvalue weighted by Crippen LogP contribution is 2.23. The van der Waals surface area contributed by atoms with E-state index in [0.29, 0.717) is 12.5 Å². The average molecular weight is 324 g/mol. The molecule has 1 aliphatic rings. The van der Waals surface area contributed by atoms with Gasteiger partial charge in [0.05, 0.1) is 0 Å². The summed E-state index contributed by atoms with van der Waals surface area (Å²) in [6.45, 7) is 2.28. The van der Waals surface area contributed by atoms with Crippen LogP contribution < -0.4 is 5.32 Å². The van der Waals surface area contributed by atoms with Crippen molar-refractivity contribution in [2.45, 2.75) is 51.5 Å². The lowest BCUT2D eigenvalue weighted by molar-refractivity contribution is -0.122. The minimum Gasteiger partial charge on any atom is -0.353 e. The summed E-state index contributed by atoms with van der Waals surface area (Å²) in [5.74, 6) is 0.942. The molecular weight excluding hydrogens is 302 g/mol. The van der Waals surface area contributed by atoms with Gasteiger partial charge in [0, 0.05) is 16.9 Å². The number of hydrogen-bond acceptors (Lipinski definition) is 1. The van der Waals surface area contributed by atoms with Gasteiger partial charge in [-0.15, -0.1) is 0 Å². The van der Waals surface area contributed by atoms with Gasteiger partial charge >= 0.3 is 0 Å². The van der Waals surface area contributed by atoms with Crippen molar-refractivity contribution >= 4 is 21.8 Å². The molecule has 1 aromatic rings. The summed E-state index contributed by atoms with van der Waals surface area (Å²) >= 11 is 3.52. The van der Waals surface area contributed by atoms with Crippen molar-refractivity contribution in [3.8, 4) is 0 Å². The first-order valence-electron chi connectivity index (χ1n) is 7.18. The van der Waals surface area contributed by atoms with Gasteiger partial charge in [0.15, 0.2) is 0 Å². The summed E-state index contributed by atoms with van der Waals surface area (Å²) in [5, 5.41) is 3.18. The molecule has 0 bridgehead atoms. The van der Waals surface area contributed by atoms with Crippen LogP contribution in [0.3, 0.4) is 0 Å². The molecule has 0 saturated heterocycles. The van der Waals surface area contributed by atoms with Crippen molar-refractivity contribution in [1.29, 1.82) is 0 Å². The third-order valence-electron chi connectivity index (χ3n) is 3.88. The molecule has 0 aromatic heterocycles. The van der Waals surface area contributed by atoms with E-state index >= 15 is 0 Å². The lowest BCUT2D eigenvalue weighted by atomic mass is 9.87. The van der Waals surface area contributed by atoms with Crippen LogP contribution in [0.5, 0.6) is 0 Å². The second-order valence-corrected chi connectivity index (χ2v) is 6.48. The fourth-order valence-corrected chi connectivity index (χ4v) is 3.30. The molecule has 1 fully saturated rings. The normalized spacial score (nSPS) is 23.1. The first kappa shape index (κ1) is 14.6. The first-order chi connectivity index (χ1) is 9.15. The van der Waals surface area contributed by atoms with Crippen LogP contribution in [0, 0.1) is 5.92 Å². The van der Waals surface area contributed by atoms with Crippen molar-refractivity contribution < 1.29 is 4.79 Å². The number of amides is 1. The van der Waals surface area contributed by atoms with Gasteiger partial charge in [-0.1, -0.05) is 53.9 Å². The zero-order chi connectivity index (χ0) is 13.7. The second kappa shape index (κ2) is 7.09. The maximum atomic E-state index is 12.0. The smallest absolute Gasteiger partial charge is 0.220 e. The topological polar surface area (TPSA) is 29.1 Å². The summed E-state index contributed by atoms with van der Waals surface area (Å²) in [6.07, 6.45) is 6.22. The zero-order valence-electron chi connectivity index (χ0n) is 11.5. The summed E-state index contributed by atoms with van der Waals surface area (Å²) in [4.78, 5) is 12.0. The quantitative estimate of drug-likeness (QED) is 0.888. The highest BCUT2D eigenvalue weighted by molar-refractivity contribution is 9.10. The summed E-state index contributed by atoms with van der Waals surface area (Å²) < 4.78 is 1.09. The molecule has 19 heavy (non-hydrogen) atoms. The van der Waals surface area contributed by atoms with E-state index in [0.717, 1.165) is 29.7 Å². The lowest BCUT2D eigenvalue weighted by Crippen LogP contribution is -2.38. The third kappa shape index (κ3) is 4.64. The Balaban J connectivity index is 1.77. The van der Waals surface area contributed by atoms with Crippen molar-refractivity contribution in [1.82, 2.24) is 5.32 Å². The maximum absolute atomic E-state index is 12.0. The van der Waals surface area contributed by atoms with E-state index in [1.807, 2.05) is 18.2 Å². The SMILES string of the molecule is CC1CCCC(NC(=O)CCc2ccccc2Br)C1.